The number of H-pyrrole nitrogens is 1. The molecule has 128 valence electrons. The number of aromatic amines is 1. The van der Waals surface area contributed by atoms with Gasteiger partial charge in [-0.15, -0.1) is 11.3 Å². The maximum Gasteiger partial charge on any atom is 0.416 e. The van der Waals surface area contributed by atoms with Crippen LogP contribution in [0.4, 0.5) is 0 Å². The van der Waals surface area contributed by atoms with Gasteiger partial charge in [-0.2, -0.15) is 0 Å². The van der Waals surface area contributed by atoms with Crippen LogP contribution in [0.3, 0.4) is 0 Å². The van der Waals surface area contributed by atoms with E-state index in [0.29, 0.717) is 19.0 Å². The van der Waals surface area contributed by atoms with Gasteiger partial charge in [0.1, 0.15) is 12.0 Å². The van der Waals surface area contributed by atoms with E-state index < -0.39 is 5.76 Å². The van der Waals surface area contributed by atoms with Crippen LogP contribution in [0.2, 0.25) is 0 Å². The number of thiazole rings is 1. The Morgan fingerprint density at radius 1 is 1.28 bits per heavy atom. The average molecular weight is 356 g/mol. The maximum absolute atomic E-state index is 12.3. The van der Waals surface area contributed by atoms with Gasteiger partial charge in [0, 0.05) is 42.3 Å². The molecule has 0 bridgehead atoms. The molecule has 1 N–H and O–H groups in total. The van der Waals surface area contributed by atoms with Crippen molar-refractivity contribution >= 4 is 17.2 Å². The zero-order valence-corrected chi connectivity index (χ0v) is 14.2. The topological polar surface area (TPSA) is 92.1 Å². The highest BCUT2D eigenvalue weighted by molar-refractivity contribution is 7.10. The van der Waals surface area contributed by atoms with Crippen molar-refractivity contribution in [2.75, 3.05) is 13.1 Å². The number of carbonyl (C=O) groups is 1. The molecule has 0 aliphatic carbocycles. The van der Waals surface area contributed by atoms with Crippen LogP contribution in [-0.2, 0) is 0 Å². The summed E-state index contributed by atoms with van der Waals surface area (Å²) in [5.74, 6) is -0.446. The van der Waals surface area contributed by atoms with Gasteiger partial charge in [-0.3, -0.25) is 14.8 Å². The lowest BCUT2D eigenvalue weighted by Crippen LogP contribution is -2.38. The van der Waals surface area contributed by atoms with Gasteiger partial charge >= 0.3 is 5.76 Å². The average Bonchev–Trinajstić information content (AvgIpc) is 3.31. The van der Waals surface area contributed by atoms with Crippen molar-refractivity contribution in [3.63, 3.8) is 0 Å². The zero-order valence-electron chi connectivity index (χ0n) is 13.3. The van der Waals surface area contributed by atoms with E-state index in [1.165, 1.54) is 6.26 Å². The molecule has 1 amide bonds. The number of nitrogens with zero attached hydrogens (tertiary/aromatic N) is 3. The van der Waals surface area contributed by atoms with Gasteiger partial charge in [-0.25, -0.2) is 9.78 Å². The van der Waals surface area contributed by atoms with E-state index in [1.807, 2.05) is 12.1 Å². The van der Waals surface area contributed by atoms with E-state index in [2.05, 4.69) is 19.8 Å². The minimum atomic E-state index is -0.607. The van der Waals surface area contributed by atoms with E-state index in [4.69, 9.17) is 4.98 Å². The predicted octanol–water partition coefficient (Wildman–Crippen LogP) is 2.51. The normalized spacial score (nSPS) is 15.4. The summed E-state index contributed by atoms with van der Waals surface area (Å²) in [4.78, 5) is 36.3. The number of hydrogen-bond acceptors (Lipinski definition) is 6. The van der Waals surface area contributed by atoms with E-state index in [9.17, 15) is 9.59 Å². The molecule has 1 saturated heterocycles. The number of carbonyl (C=O) groups excluding carboxylic acids is 1. The summed E-state index contributed by atoms with van der Waals surface area (Å²) in [6.07, 6.45) is 6.42. The lowest BCUT2D eigenvalue weighted by atomic mass is 9.97. The molecular formula is C17H16N4O3S. The number of amides is 1. The smallest absolute Gasteiger partial charge is 0.416 e. The number of nitrogens with one attached hydrogen (secondary N) is 1. The molecule has 1 aliphatic heterocycles. The molecule has 8 heteroatoms. The van der Waals surface area contributed by atoms with Gasteiger partial charge < -0.3 is 9.32 Å². The molecule has 4 rings (SSSR count). The van der Waals surface area contributed by atoms with Gasteiger partial charge in [-0.05, 0) is 25.0 Å². The molecule has 3 aromatic rings. The maximum atomic E-state index is 12.3. The largest absolute Gasteiger partial charge is 0.416 e. The predicted molar refractivity (Wildman–Crippen MR) is 92.6 cm³/mol. The molecule has 1 aliphatic rings. The third-order valence-corrected chi connectivity index (χ3v) is 5.39. The van der Waals surface area contributed by atoms with Crippen LogP contribution in [0.5, 0.6) is 0 Å². The van der Waals surface area contributed by atoms with Crippen LogP contribution in [0.1, 0.15) is 34.3 Å². The fourth-order valence-corrected chi connectivity index (χ4v) is 4.02. The first-order valence-corrected chi connectivity index (χ1v) is 8.91. The fourth-order valence-electron chi connectivity index (χ4n) is 3.02. The van der Waals surface area contributed by atoms with Crippen LogP contribution >= 0.6 is 11.3 Å². The summed E-state index contributed by atoms with van der Waals surface area (Å²) < 4.78 is 4.64. The second-order valence-electron chi connectivity index (χ2n) is 5.94. The van der Waals surface area contributed by atoms with Crippen LogP contribution in [0.25, 0.3) is 11.3 Å². The van der Waals surface area contributed by atoms with Crippen molar-refractivity contribution in [2.45, 2.75) is 18.8 Å². The Labute approximate surface area is 147 Å². The first-order chi connectivity index (χ1) is 12.2. The van der Waals surface area contributed by atoms with E-state index in [1.54, 1.807) is 28.6 Å². The van der Waals surface area contributed by atoms with E-state index >= 15 is 0 Å². The third-order valence-electron chi connectivity index (χ3n) is 4.38. The zero-order chi connectivity index (χ0) is 17.2. The monoisotopic (exact) mass is 356 g/mol. The highest BCUT2D eigenvalue weighted by atomic mass is 32.1. The van der Waals surface area contributed by atoms with E-state index in [0.717, 1.165) is 29.1 Å². The summed E-state index contributed by atoms with van der Waals surface area (Å²) in [6.45, 7) is 1.28. The minimum Gasteiger partial charge on any atom is -0.416 e. The van der Waals surface area contributed by atoms with Crippen LogP contribution < -0.4 is 5.76 Å². The summed E-state index contributed by atoms with van der Waals surface area (Å²) >= 11 is 1.66. The van der Waals surface area contributed by atoms with Gasteiger partial charge in [0.05, 0.1) is 10.7 Å². The standard InChI is InChI=1S/C17H16N4O3S/c22-16(13-9-24-17(23)20-13)21-7-3-12(4-8-21)15-19-14(10-25-15)11-1-5-18-6-2-11/h1-2,5-6,9-10,12H,3-4,7-8H2,(H,20,23). The van der Waals surface area contributed by atoms with Gasteiger partial charge in [0.15, 0.2) is 0 Å². The van der Waals surface area contributed by atoms with Crippen LogP contribution in [0.15, 0.2) is 45.4 Å². The molecule has 7 nitrogen and oxygen atoms in total. The molecular weight excluding hydrogens is 340 g/mol. The molecule has 25 heavy (non-hydrogen) atoms. The van der Waals surface area contributed by atoms with Crippen LogP contribution in [-0.4, -0.2) is 38.8 Å². The van der Waals surface area contributed by atoms with Crippen molar-refractivity contribution in [2.24, 2.45) is 0 Å². The Morgan fingerprint density at radius 2 is 2.04 bits per heavy atom. The summed E-state index contributed by atoms with van der Waals surface area (Å²) in [7, 11) is 0. The Morgan fingerprint density at radius 3 is 2.72 bits per heavy atom. The Bertz CT molecular complexity index is 923. The number of oxazole rings is 1. The number of pyridine rings is 1. The summed E-state index contributed by atoms with van der Waals surface area (Å²) in [5.41, 5.74) is 2.24. The number of likely N-dealkylation sites (tertiary alicyclic amines) is 1. The summed E-state index contributed by atoms with van der Waals surface area (Å²) in [6, 6.07) is 3.90. The molecule has 0 saturated carbocycles. The van der Waals surface area contributed by atoms with Crippen molar-refractivity contribution in [1.82, 2.24) is 19.9 Å². The molecule has 0 aromatic carbocycles. The van der Waals surface area contributed by atoms with Crippen molar-refractivity contribution < 1.29 is 9.21 Å². The molecule has 4 heterocycles. The quantitative estimate of drug-likeness (QED) is 0.778. The second kappa shape index (κ2) is 6.64. The molecule has 0 unspecified atom stereocenters. The van der Waals surface area contributed by atoms with Gasteiger partial charge in [0.2, 0.25) is 0 Å². The first kappa shape index (κ1) is 15.8. The molecule has 0 radical (unpaired) electrons. The fraction of sp³-hybridized carbons (Fsp3) is 0.294. The number of hydrogen-bond donors (Lipinski definition) is 1. The third kappa shape index (κ3) is 3.25. The van der Waals surface area contributed by atoms with Crippen molar-refractivity contribution in [3.05, 3.63) is 57.4 Å². The highest BCUT2D eigenvalue weighted by Crippen LogP contribution is 2.33. The highest BCUT2D eigenvalue weighted by Gasteiger charge is 2.27. The second-order valence-corrected chi connectivity index (χ2v) is 6.82. The van der Waals surface area contributed by atoms with Crippen molar-refractivity contribution in [3.8, 4) is 11.3 Å². The minimum absolute atomic E-state index is 0.194. The van der Waals surface area contributed by atoms with Crippen molar-refractivity contribution in [1.29, 1.82) is 0 Å². The lowest BCUT2D eigenvalue weighted by molar-refractivity contribution is 0.0707. The lowest BCUT2D eigenvalue weighted by Gasteiger charge is -2.30. The SMILES string of the molecule is O=C(c1coc(=O)[nH]1)N1CCC(c2nc(-c3ccncc3)cs2)CC1. The molecule has 0 atom stereocenters. The van der Waals surface area contributed by atoms with Gasteiger partial charge in [0.25, 0.3) is 5.91 Å². The number of rotatable bonds is 3. The number of aromatic nitrogens is 3. The van der Waals surface area contributed by atoms with Crippen LogP contribution in [0, 0.1) is 0 Å². The summed E-state index contributed by atoms with van der Waals surface area (Å²) in [5, 5.41) is 3.17. The molecule has 0 spiro atoms. The van der Waals surface area contributed by atoms with E-state index in [-0.39, 0.29) is 11.6 Å². The number of piperidine rings is 1. The first-order valence-electron chi connectivity index (χ1n) is 8.03. The van der Waals surface area contributed by atoms with Gasteiger partial charge in [-0.1, -0.05) is 0 Å². The molecule has 1 fully saturated rings. The molecule has 3 aromatic heterocycles. The Hall–Kier alpha value is -2.74. The Balaban J connectivity index is 1.41. The Kier molecular flexibility index (Phi) is 4.19.